The summed E-state index contributed by atoms with van der Waals surface area (Å²) in [6.45, 7) is 3.64. The summed E-state index contributed by atoms with van der Waals surface area (Å²) < 4.78 is 49.2. The Morgan fingerprint density at radius 1 is 0.657 bits per heavy atom. The fourth-order valence-corrected chi connectivity index (χ4v) is 4.66. The Balaban J connectivity index is 1.59. The van der Waals surface area contributed by atoms with Crippen molar-refractivity contribution in [1.29, 1.82) is 0 Å². The summed E-state index contributed by atoms with van der Waals surface area (Å²) in [5.74, 6) is 0.668. The van der Waals surface area contributed by atoms with E-state index in [2.05, 4.69) is 4.90 Å². The quantitative estimate of drug-likeness (QED) is 0.320. The molecule has 3 aromatic carbocycles. The number of alkyl halides is 3. The molecule has 0 unspecified atom stereocenters. The largest absolute Gasteiger partial charge is 0.492 e. The van der Waals surface area contributed by atoms with E-state index in [1.807, 2.05) is 0 Å². The molecule has 0 aromatic heterocycles. The molecule has 1 fully saturated rings. The molecule has 4 rings (SSSR count). The number of hydrogen-bond acceptors (Lipinski definition) is 2. The smallest absolute Gasteiger partial charge is 0.417 e. The lowest BCUT2D eigenvalue weighted by Crippen LogP contribution is -2.31. The third-order valence-electron chi connectivity index (χ3n) is 6.43. The minimum atomic E-state index is -4.52. The van der Waals surface area contributed by atoms with Gasteiger partial charge in [-0.2, -0.15) is 13.2 Å². The van der Waals surface area contributed by atoms with Crippen LogP contribution in [0.4, 0.5) is 13.2 Å². The SMILES string of the molecule is FC(F)(F)C(=C(c1ccccc1)c1ccc(OCCN2CCCCCCC2)cc1)c1ccccc1. The van der Waals surface area contributed by atoms with E-state index in [0.29, 0.717) is 23.5 Å². The maximum absolute atomic E-state index is 14.4. The Kier molecular flexibility index (Phi) is 8.64. The lowest BCUT2D eigenvalue weighted by Gasteiger charge is -2.24. The molecule has 0 aliphatic carbocycles. The van der Waals surface area contributed by atoms with E-state index in [9.17, 15) is 13.2 Å². The minimum Gasteiger partial charge on any atom is -0.492 e. The molecule has 0 N–H and O–H groups in total. The summed E-state index contributed by atoms with van der Waals surface area (Å²) in [6, 6.07) is 23.8. The van der Waals surface area contributed by atoms with E-state index in [0.717, 1.165) is 19.6 Å². The van der Waals surface area contributed by atoms with Crippen LogP contribution in [0.5, 0.6) is 5.75 Å². The van der Waals surface area contributed by atoms with Gasteiger partial charge in [-0.3, -0.25) is 4.90 Å². The van der Waals surface area contributed by atoms with Gasteiger partial charge < -0.3 is 4.74 Å². The van der Waals surface area contributed by atoms with Crippen molar-refractivity contribution in [3.8, 4) is 5.75 Å². The summed E-state index contributed by atoms with van der Waals surface area (Å²) >= 11 is 0. The second-order valence-corrected chi connectivity index (χ2v) is 8.96. The standard InChI is InChI=1S/C30H32F3NO/c31-30(32,33)29(26-14-8-5-9-15-26)28(24-12-6-4-7-13-24)25-16-18-27(19-17-25)35-23-22-34-20-10-2-1-3-11-21-34/h4-9,12-19H,1-3,10-11,20-23H2. The van der Waals surface area contributed by atoms with E-state index in [-0.39, 0.29) is 11.1 Å². The Bertz CT molecular complexity index is 1070. The van der Waals surface area contributed by atoms with Gasteiger partial charge in [0.2, 0.25) is 0 Å². The number of benzene rings is 3. The zero-order valence-corrected chi connectivity index (χ0v) is 19.9. The summed E-state index contributed by atoms with van der Waals surface area (Å²) in [5.41, 5.74) is 0.692. The first kappa shape index (κ1) is 25.1. The van der Waals surface area contributed by atoms with Crippen LogP contribution >= 0.6 is 0 Å². The van der Waals surface area contributed by atoms with E-state index in [1.165, 1.54) is 44.2 Å². The Hall–Kier alpha value is -3.05. The van der Waals surface area contributed by atoms with E-state index in [1.54, 1.807) is 72.8 Å². The fraction of sp³-hybridized carbons (Fsp3) is 0.333. The molecule has 1 aliphatic heterocycles. The Morgan fingerprint density at radius 2 is 1.17 bits per heavy atom. The lowest BCUT2D eigenvalue weighted by molar-refractivity contribution is -0.0685. The van der Waals surface area contributed by atoms with Gasteiger partial charge in [0.05, 0.1) is 5.57 Å². The van der Waals surface area contributed by atoms with Gasteiger partial charge in [-0.15, -0.1) is 0 Å². The molecule has 3 aromatic rings. The van der Waals surface area contributed by atoms with Crippen molar-refractivity contribution in [3.63, 3.8) is 0 Å². The van der Waals surface area contributed by atoms with Gasteiger partial charge in [-0.05, 0) is 54.8 Å². The van der Waals surface area contributed by atoms with Crippen LogP contribution in [-0.2, 0) is 0 Å². The first-order valence-corrected chi connectivity index (χ1v) is 12.4. The highest BCUT2D eigenvalue weighted by Gasteiger charge is 2.38. The number of likely N-dealkylation sites (tertiary alicyclic amines) is 1. The van der Waals surface area contributed by atoms with Crippen LogP contribution in [0, 0.1) is 0 Å². The van der Waals surface area contributed by atoms with Gasteiger partial charge in [-0.25, -0.2) is 0 Å². The molecule has 5 heteroatoms. The third kappa shape index (κ3) is 6.98. The van der Waals surface area contributed by atoms with E-state index < -0.39 is 11.7 Å². The molecule has 1 heterocycles. The highest BCUT2D eigenvalue weighted by atomic mass is 19.4. The molecule has 0 amide bonds. The first-order chi connectivity index (χ1) is 17.0. The Morgan fingerprint density at radius 3 is 1.74 bits per heavy atom. The first-order valence-electron chi connectivity index (χ1n) is 12.4. The van der Waals surface area contributed by atoms with Gasteiger partial charge in [0.25, 0.3) is 0 Å². The van der Waals surface area contributed by atoms with Crippen molar-refractivity contribution >= 4 is 11.1 Å². The van der Waals surface area contributed by atoms with Crippen molar-refractivity contribution in [2.75, 3.05) is 26.2 Å². The molecule has 2 nitrogen and oxygen atoms in total. The van der Waals surface area contributed by atoms with E-state index in [4.69, 9.17) is 4.74 Å². The van der Waals surface area contributed by atoms with Crippen LogP contribution in [-0.4, -0.2) is 37.3 Å². The zero-order chi connectivity index (χ0) is 24.5. The molecule has 0 spiro atoms. The lowest BCUT2D eigenvalue weighted by atomic mass is 9.89. The zero-order valence-electron chi connectivity index (χ0n) is 19.9. The molecule has 35 heavy (non-hydrogen) atoms. The third-order valence-corrected chi connectivity index (χ3v) is 6.43. The van der Waals surface area contributed by atoms with Crippen molar-refractivity contribution < 1.29 is 17.9 Å². The molecule has 184 valence electrons. The summed E-state index contributed by atoms with van der Waals surface area (Å²) in [5, 5.41) is 0. The van der Waals surface area contributed by atoms with Gasteiger partial charge in [0.15, 0.2) is 0 Å². The van der Waals surface area contributed by atoms with Crippen molar-refractivity contribution in [1.82, 2.24) is 4.90 Å². The maximum atomic E-state index is 14.4. The van der Waals surface area contributed by atoms with Gasteiger partial charge in [0.1, 0.15) is 12.4 Å². The summed E-state index contributed by atoms with van der Waals surface area (Å²) in [7, 11) is 0. The average molecular weight is 480 g/mol. The van der Waals surface area contributed by atoms with Crippen LogP contribution in [0.25, 0.3) is 11.1 Å². The van der Waals surface area contributed by atoms with Crippen LogP contribution < -0.4 is 4.74 Å². The monoisotopic (exact) mass is 479 g/mol. The molecule has 0 bridgehead atoms. The normalized spacial score (nSPS) is 16.2. The molecular weight excluding hydrogens is 447 g/mol. The number of allylic oxidation sites excluding steroid dienone is 1. The summed E-state index contributed by atoms with van der Waals surface area (Å²) in [6.07, 6.45) is 1.85. The number of ether oxygens (including phenoxy) is 1. The van der Waals surface area contributed by atoms with Crippen LogP contribution in [0.15, 0.2) is 84.9 Å². The maximum Gasteiger partial charge on any atom is 0.417 e. The van der Waals surface area contributed by atoms with Crippen LogP contribution in [0.1, 0.15) is 48.8 Å². The average Bonchev–Trinajstić information content (AvgIpc) is 2.84. The molecule has 0 saturated carbocycles. The van der Waals surface area contributed by atoms with Gasteiger partial charge >= 0.3 is 6.18 Å². The van der Waals surface area contributed by atoms with Crippen LogP contribution in [0.3, 0.4) is 0 Å². The second-order valence-electron chi connectivity index (χ2n) is 8.96. The predicted molar refractivity (Wildman–Crippen MR) is 136 cm³/mol. The molecule has 1 saturated heterocycles. The number of hydrogen-bond donors (Lipinski definition) is 0. The molecular formula is C30H32F3NO. The second kappa shape index (κ2) is 12.1. The number of rotatable bonds is 7. The van der Waals surface area contributed by atoms with Crippen LogP contribution in [0.2, 0.25) is 0 Å². The van der Waals surface area contributed by atoms with Crippen molar-refractivity contribution in [2.45, 2.75) is 38.3 Å². The number of nitrogens with zero attached hydrogens (tertiary/aromatic N) is 1. The highest BCUT2D eigenvalue weighted by molar-refractivity contribution is 6.00. The minimum absolute atomic E-state index is 0.146. The topological polar surface area (TPSA) is 12.5 Å². The molecule has 0 atom stereocenters. The molecule has 0 radical (unpaired) electrons. The predicted octanol–water partition coefficient (Wildman–Crippen LogP) is 7.85. The Labute approximate surface area is 206 Å². The van der Waals surface area contributed by atoms with Crippen molar-refractivity contribution in [3.05, 3.63) is 102 Å². The van der Waals surface area contributed by atoms with Crippen molar-refractivity contribution in [2.24, 2.45) is 0 Å². The molecule has 1 aliphatic rings. The fourth-order valence-electron chi connectivity index (χ4n) is 4.66. The van der Waals surface area contributed by atoms with E-state index >= 15 is 0 Å². The summed E-state index contributed by atoms with van der Waals surface area (Å²) in [4.78, 5) is 2.44. The van der Waals surface area contributed by atoms with Gasteiger partial charge in [-0.1, -0.05) is 92.1 Å². The number of halogens is 3. The van der Waals surface area contributed by atoms with Gasteiger partial charge in [0, 0.05) is 12.1 Å². The highest BCUT2D eigenvalue weighted by Crippen LogP contribution is 2.42.